The average Bonchev–Trinajstić information content (AvgIpc) is 3.44. The van der Waals surface area contributed by atoms with E-state index >= 15 is 0 Å². The van der Waals surface area contributed by atoms with Crippen LogP contribution in [-0.4, -0.2) is 62.7 Å². The van der Waals surface area contributed by atoms with E-state index in [1.54, 1.807) is 35.6 Å². The van der Waals surface area contributed by atoms with Crippen LogP contribution in [0.5, 0.6) is 0 Å². The van der Waals surface area contributed by atoms with Crippen molar-refractivity contribution in [1.82, 2.24) is 29.6 Å². The first kappa shape index (κ1) is 22.6. The molecule has 2 aromatic heterocycles. The fourth-order valence-corrected chi connectivity index (χ4v) is 4.46. The maximum absolute atomic E-state index is 13.6. The molecule has 1 fully saturated rings. The van der Waals surface area contributed by atoms with Gasteiger partial charge in [-0.15, -0.1) is 10.2 Å². The SMILES string of the molecule is CN(C)c1ncc(-c2ccc(F)cc2)c(C2CCCN(C(=O)c3cccc(-n4cnnc4)c3)C2)n1. The fraction of sp³-hybridized carbons (Fsp3) is 0.269. The van der Waals surface area contributed by atoms with Crippen molar-refractivity contribution in [2.45, 2.75) is 18.8 Å². The molecule has 3 heterocycles. The van der Waals surface area contributed by atoms with E-state index < -0.39 is 0 Å². The third-order valence-corrected chi connectivity index (χ3v) is 6.27. The first-order valence-electron chi connectivity index (χ1n) is 11.5. The summed E-state index contributed by atoms with van der Waals surface area (Å²) in [6.07, 6.45) is 6.78. The fourth-order valence-electron chi connectivity index (χ4n) is 4.46. The van der Waals surface area contributed by atoms with Crippen LogP contribution in [0, 0.1) is 5.82 Å². The molecule has 1 saturated heterocycles. The molecule has 1 aliphatic rings. The third-order valence-electron chi connectivity index (χ3n) is 6.27. The predicted molar refractivity (Wildman–Crippen MR) is 131 cm³/mol. The molecule has 178 valence electrons. The van der Waals surface area contributed by atoms with Gasteiger partial charge < -0.3 is 9.80 Å². The highest BCUT2D eigenvalue weighted by molar-refractivity contribution is 5.95. The van der Waals surface area contributed by atoms with Crippen molar-refractivity contribution in [2.75, 3.05) is 32.1 Å². The van der Waals surface area contributed by atoms with Crippen molar-refractivity contribution in [3.8, 4) is 16.8 Å². The lowest BCUT2D eigenvalue weighted by Gasteiger charge is -2.33. The molecule has 1 atom stereocenters. The van der Waals surface area contributed by atoms with E-state index in [2.05, 4.69) is 15.2 Å². The molecule has 0 N–H and O–H groups in total. The van der Waals surface area contributed by atoms with Crippen LogP contribution in [0.3, 0.4) is 0 Å². The number of aromatic nitrogens is 5. The van der Waals surface area contributed by atoms with Crippen LogP contribution < -0.4 is 4.90 Å². The molecule has 0 spiro atoms. The lowest BCUT2D eigenvalue weighted by molar-refractivity contribution is 0.0706. The van der Waals surface area contributed by atoms with Gasteiger partial charge in [0.2, 0.25) is 5.95 Å². The highest BCUT2D eigenvalue weighted by Crippen LogP contribution is 2.34. The van der Waals surface area contributed by atoms with Crippen LogP contribution in [0.4, 0.5) is 10.3 Å². The topological polar surface area (TPSA) is 80.0 Å². The van der Waals surface area contributed by atoms with Gasteiger partial charge >= 0.3 is 0 Å². The Morgan fingerprint density at radius 3 is 2.60 bits per heavy atom. The van der Waals surface area contributed by atoms with Crippen LogP contribution in [-0.2, 0) is 0 Å². The Balaban J connectivity index is 1.45. The second-order valence-corrected chi connectivity index (χ2v) is 8.88. The number of likely N-dealkylation sites (tertiary alicyclic amines) is 1. The van der Waals surface area contributed by atoms with Crippen LogP contribution in [0.1, 0.15) is 34.8 Å². The molecular formula is C26H26FN7O. The molecule has 0 bridgehead atoms. The Bertz CT molecular complexity index is 1320. The number of carbonyl (C=O) groups excluding carboxylic acids is 1. The highest BCUT2D eigenvalue weighted by Gasteiger charge is 2.29. The summed E-state index contributed by atoms with van der Waals surface area (Å²) in [5.41, 5.74) is 4.05. The zero-order valence-electron chi connectivity index (χ0n) is 19.7. The molecule has 5 rings (SSSR count). The van der Waals surface area contributed by atoms with Gasteiger partial charge in [0.1, 0.15) is 18.5 Å². The van der Waals surface area contributed by atoms with Gasteiger partial charge in [0.15, 0.2) is 0 Å². The van der Waals surface area contributed by atoms with Crippen molar-refractivity contribution in [3.05, 3.63) is 84.5 Å². The van der Waals surface area contributed by atoms with E-state index in [1.807, 2.05) is 48.2 Å². The van der Waals surface area contributed by atoms with Crippen molar-refractivity contribution in [1.29, 1.82) is 0 Å². The van der Waals surface area contributed by atoms with Gasteiger partial charge in [-0.25, -0.2) is 14.4 Å². The molecule has 0 saturated carbocycles. The second-order valence-electron chi connectivity index (χ2n) is 8.88. The predicted octanol–water partition coefficient (Wildman–Crippen LogP) is 3.95. The number of hydrogen-bond acceptors (Lipinski definition) is 6. The first-order valence-corrected chi connectivity index (χ1v) is 11.5. The summed E-state index contributed by atoms with van der Waals surface area (Å²) in [7, 11) is 3.80. The molecule has 1 amide bonds. The minimum atomic E-state index is -0.288. The number of hydrogen-bond donors (Lipinski definition) is 0. The number of anilines is 1. The molecule has 1 unspecified atom stereocenters. The minimum absolute atomic E-state index is 0.0187. The summed E-state index contributed by atoms with van der Waals surface area (Å²) in [5.74, 6) is 0.338. The van der Waals surface area contributed by atoms with Crippen molar-refractivity contribution >= 4 is 11.9 Å². The third kappa shape index (κ3) is 4.75. The first-order chi connectivity index (χ1) is 17.0. The van der Waals surface area contributed by atoms with Gasteiger partial charge in [0.05, 0.1) is 5.69 Å². The molecular weight excluding hydrogens is 445 g/mol. The van der Waals surface area contributed by atoms with Crippen LogP contribution >= 0.6 is 0 Å². The van der Waals surface area contributed by atoms with Gasteiger partial charge in [-0.1, -0.05) is 18.2 Å². The molecule has 0 radical (unpaired) electrons. The van der Waals surface area contributed by atoms with Gasteiger partial charge in [0, 0.05) is 56.1 Å². The Kier molecular flexibility index (Phi) is 6.22. The Hall–Kier alpha value is -4.14. The number of rotatable bonds is 5. The maximum atomic E-state index is 13.6. The zero-order valence-corrected chi connectivity index (χ0v) is 19.7. The molecule has 8 nitrogen and oxygen atoms in total. The minimum Gasteiger partial charge on any atom is -0.347 e. The normalized spacial score (nSPS) is 15.7. The lowest BCUT2D eigenvalue weighted by atomic mass is 9.89. The number of benzene rings is 2. The highest BCUT2D eigenvalue weighted by atomic mass is 19.1. The quantitative estimate of drug-likeness (QED) is 0.439. The van der Waals surface area contributed by atoms with Crippen molar-refractivity contribution < 1.29 is 9.18 Å². The second kappa shape index (κ2) is 9.61. The number of halogens is 1. The van der Waals surface area contributed by atoms with Gasteiger partial charge in [-0.2, -0.15) is 0 Å². The van der Waals surface area contributed by atoms with Gasteiger partial charge in [-0.05, 0) is 48.7 Å². The standard InChI is InChI=1S/C26H26FN7O/c1-32(2)26-28-14-23(18-8-10-21(27)11-9-18)24(31-26)20-6-4-12-33(15-20)25(35)19-5-3-7-22(13-19)34-16-29-30-17-34/h3,5,7-11,13-14,16-17,20H,4,6,12,15H2,1-2H3. The van der Waals surface area contributed by atoms with Crippen LogP contribution in [0.2, 0.25) is 0 Å². The average molecular weight is 472 g/mol. The molecule has 35 heavy (non-hydrogen) atoms. The van der Waals surface area contributed by atoms with Crippen LogP contribution in [0.15, 0.2) is 67.4 Å². The summed E-state index contributed by atoms with van der Waals surface area (Å²) < 4.78 is 15.3. The summed E-state index contributed by atoms with van der Waals surface area (Å²) in [5, 5.41) is 7.69. The molecule has 2 aromatic carbocycles. The van der Waals surface area contributed by atoms with E-state index in [0.717, 1.165) is 35.3 Å². The van der Waals surface area contributed by atoms with Crippen molar-refractivity contribution in [2.24, 2.45) is 0 Å². The van der Waals surface area contributed by atoms with E-state index in [4.69, 9.17) is 4.98 Å². The molecule has 1 aliphatic heterocycles. The van der Waals surface area contributed by atoms with E-state index in [1.165, 1.54) is 12.1 Å². The zero-order chi connectivity index (χ0) is 24.4. The monoisotopic (exact) mass is 471 g/mol. The lowest BCUT2D eigenvalue weighted by Crippen LogP contribution is -2.39. The maximum Gasteiger partial charge on any atom is 0.253 e. The Morgan fingerprint density at radius 1 is 1.09 bits per heavy atom. The summed E-state index contributed by atoms with van der Waals surface area (Å²) in [6, 6.07) is 13.8. The smallest absolute Gasteiger partial charge is 0.253 e. The number of nitrogens with zero attached hydrogens (tertiary/aromatic N) is 7. The molecule has 9 heteroatoms. The molecule has 4 aromatic rings. The van der Waals surface area contributed by atoms with Crippen molar-refractivity contribution in [3.63, 3.8) is 0 Å². The largest absolute Gasteiger partial charge is 0.347 e. The molecule has 0 aliphatic carbocycles. The number of amides is 1. The van der Waals surface area contributed by atoms with E-state index in [0.29, 0.717) is 24.6 Å². The van der Waals surface area contributed by atoms with Gasteiger partial charge in [-0.3, -0.25) is 9.36 Å². The van der Waals surface area contributed by atoms with Crippen LogP contribution in [0.25, 0.3) is 16.8 Å². The number of carbonyl (C=O) groups is 1. The Morgan fingerprint density at radius 2 is 1.86 bits per heavy atom. The summed E-state index contributed by atoms with van der Waals surface area (Å²) in [6.45, 7) is 1.23. The van der Waals surface area contributed by atoms with Gasteiger partial charge in [0.25, 0.3) is 5.91 Å². The summed E-state index contributed by atoms with van der Waals surface area (Å²) >= 11 is 0. The summed E-state index contributed by atoms with van der Waals surface area (Å²) in [4.78, 5) is 26.6. The number of piperidine rings is 1. The van der Waals surface area contributed by atoms with E-state index in [9.17, 15) is 9.18 Å². The van der Waals surface area contributed by atoms with E-state index in [-0.39, 0.29) is 17.6 Å². The Labute approximate surface area is 203 Å².